The summed E-state index contributed by atoms with van der Waals surface area (Å²) in [6.07, 6.45) is -0.141. The fourth-order valence-electron chi connectivity index (χ4n) is 5.20. The van der Waals surface area contributed by atoms with Gasteiger partial charge in [-0.3, -0.25) is 4.79 Å². The molecule has 33 heavy (non-hydrogen) atoms. The van der Waals surface area contributed by atoms with Crippen molar-refractivity contribution in [3.05, 3.63) is 41.1 Å². The Labute approximate surface area is 212 Å². The van der Waals surface area contributed by atoms with Gasteiger partial charge in [0.05, 0.1) is 25.2 Å². The van der Waals surface area contributed by atoms with Gasteiger partial charge in [-0.15, -0.1) is 0 Å². The number of fused-ring (bicyclic) bond motifs is 1. The lowest BCUT2D eigenvalue weighted by Gasteiger charge is -2.49. The van der Waals surface area contributed by atoms with Crippen LogP contribution in [0.2, 0.25) is 18.1 Å². The first-order valence-corrected chi connectivity index (χ1v) is 15.9. The predicted octanol–water partition coefficient (Wildman–Crippen LogP) is 5.31. The number of amides is 1. The molecule has 0 radical (unpaired) electrons. The van der Waals surface area contributed by atoms with E-state index in [1.54, 1.807) is 12.0 Å². The molecule has 0 spiro atoms. The van der Waals surface area contributed by atoms with Gasteiger partial charge < -0.3 is 18.8 Å². The number of methoxy groups -OCH3 is 1. The van der Waals surface area contributed by atoms with Crippen molar-refractivity contribution in [2.45, 2.75) is 71.5 Å². The molecule has 182 valence electrons. The maximum Gasteiger partial charge on any atom is 0.355 e. The molecule has 1 amide bonds. The standard InChI is InChI=1S/C25H36INO5Si/c1-7-33(8-2,9-3)32-17(5)21-22-16(4)20(14-26)23(27(22)24(21)28)25(29)31-15-18-10-12-19(30-6)13-11-18/h10-13,16-17,21-22H,7-9,14-15H2,1-6H3/t16-,17+,21+,22-/m0/s1. The molecule has 1 fully saturated rings. The number of hydrogen-bond acceptors (Lipinski definition) is 5. The Morgan fingerprint density at radius 2 is 1.76 bits per heavy atom. The number of carbonyl (C=O) groups excluding carboxylic acids is 2. The molecule has 1 aromatic carbocycles. The van der Waals surface area contributed by atoms with Gasteiger partial charge in [0.2, 0.25) is 5.91 Å². The molecule has 0 aliphatic carbocycles. The van der Waals surface area contributed by atoms with E-state index in [-0.39, 0.29) is 36.5 Å². The highest BCUT2D eigenvalue weighted by Gasteiger charge is 2.60. The average molecular weight is 586 g/mol. The number of halogens is 1. The Bertz CT molecular complexity index is 890. The molecule has 0 aromatic heterocycles. The molecule has 2 aliphatic rings. The summed E-state index contributed by atoms with van der Waals surface area (Å²) < 4.78 is 18.1. The number of β-lactam (4-membered cyclic amide) rings is 1. The van der Waals surface area contributed by atoms with Gasteiger partial charge in [0, 0.05) is 10.3 Å². The first kappa shape index (κ1) is 26.2. The summed E-state index contributed by atoms with van der Waals surface area (Å²) in [5.74, 6) is 0.220. The van der Waals surface area contributed by atoms with Crippen molar-refractivity contribution in [2.75, 3.05) is 11.5 Å². The molecule has 0 saturated carbocycles. The molecule has 6 nitrogen and oxygen atoms in total. The quantitative estimate of drug-likeness (QED) is 0.116. The van der Waals surface area contributed by atoms with Crippen LogP contribution in [0.3, 0.4) is 0 Å². The van der Waals surface area contributed by atoms with E-state index in [9.17, 15) is 9.59 Å². The maximum atomic E-state index is 13.3. The van der Waals surface area contributed by atoms with Crippen molar-refractivity contribution in [1.29, 1.82) is 0 Å². The van der Waals surface area contributed by atoms with Gasteiger partial charge in [0.15, 0.2) is 8.32 Å². The SMILES string of the molecule is CC[Si](CC)(CC)O[C@H](C)[C@H]1C(=O)N2C(C(=O)OCc3ccc(OC)cc3)=C(CI)[C@H](C)[C@@H]12. The van der Waals surface area contributed by atoms with Crippen LogP contribution in [-0.2, 0) is 25.4 Å². The van der Waals surface area contributed by atoms with Crippen molar-refractivity contribution in [3.8, 4) is 5.75 Å². The number of esters is 1. The second-order valence-electron chi connectivity index (χ2n) is 9.01. The monoisotopic (exact) mass is 585 g/mol. The molecule has 0 N–H and O–H groups in total. The Morgan fingerprint density at radius 1 is 1.15 bits per heavy atom. The summed E-state index contributed by atoms with van der Waals surface area (Å²) in [7, 11) is -0.215. The molecule has 3 rings (SSSR count). The number of alkyl halides is 1. The maximum absolute atomic E-state index is 13.3. The number of carbonyl (C=O) groups is 2. The Balaban J connectivity index is 1.73. The number of ether oxygens (including phenoxy) is 2. The van der Waals surface area contributed by atoms with Gasteiger partial charge in [0.1, 0.15) is 18.1 Å². The van der Waals surface area contributed by atoms with E-state index in [0.717, 1.165) is 35.0 Å². The zero-order chi connectivity index (χ0) is 24.3. The second kappa shape index (κ2) is 10.9. The van der Waals surface area contributed by atoms with Gasteiger partial charge in [-0.05, 0) is 48.3 Å². The van der Waals surface area contributed by atoms with Crippen LogP contribution in [0.4, 0.5) is 0 Å². The largest absolute Gasteiger partial charge is 0.497 e. The highest BCUT2D eigenvalue weighted by atomic mass is 127. The Hall–Kier alpha value is -1.39. The minimum Gasteiger partial charge on any atom is -0.497 e. The third-order valence-electron chi connectivity index (χ3n) is 7.54. The van der Waals surface area contributed by atoms with E-state index in [1.165, 1.54) is 0 Å². The predicted molar refractivity (Wildman–Crippen MR) is 140 cm³/mol. The average Bonchev–Trinajstić information content (AvgIpc) is 3.09. The van der Waals surface area contributed by atoms with Crippen molar-refractivity contribution < 1.29 is 23.5 Å². The molecule has 8 heteroatoms. The highest BCUT2D eigenvalue weighted by molar-refractivity contribution is 14.1. The zero-order valence-corrected chi connectivity index (χ0v) is 23.7. The lowest BCUT2D eigenvalue weighted by atomic mass is 9.78. The van der Waals surface area contributed by atoms with Crippen molar-refractivity contribution >= 4 is 42.8 Å². The topological polar surface area (TPSA) is 65.1 Å². The minimum atomic E-state index is -1.83. The van der Waals surface area contributed by atoms with E-state index in [2.05, 4.69) is 50.3 Å². The molecule has 1 aromatic rings. The van der Waals surface area contributed by atoms with Crippen LogP contribution in [0.15, 0.2) is 35.5 Å². The van der Waals surface area contributed by atoms with Gasteiger partial charge in [-0.1, -0.05) is 62.4 Å². The normalized spacial score (nSPS) is 23.3. The van der Waals surface area contributed by atoms with Gasteiger partial charge >= 0.3 is 5.97 Å². The first-order valence-electron chi connectivity index (χ1n) is 11.9. The summed E-state index contributed by atoms with van der Waals surface area (Å²) in [5, 5.41) is 0. The van der Waals surface area contributed by atoms with Gasteiger partial charge in [0.25, 0.3) is 0 Å². The van der Waals surface area contributed by atoms with E-state index >= 15 is 0 Å². The van der Waals surface area contributed by atoms with E-state index in [4.69, 9.17) is 13.9 Å². The van der Waals surface area contributed by atoms with Crippen LogP contribution in [-0.4, -0.2) is 48.8 Å². The van der Waals surface area contributed by atoms with Gasteiger partial charge in [-0.25, -0.2) is 4.79 Å². The van der Waals surface area contributed by atoms with Crippen molar-refractivity contribution in [1.82, 2.24) is 4.90 Å². The molecule has 2 aliphatic heterocycles. The summed E-state index contributed by atoms with van der Waals surface area (Å²) in [4.78, 5) is 28.1. The Morgan fingerprint density at radius 3 is 2.27 bits per heavy atom. The fourth-order valence-corrected chi connectivity index (χ4v) is 9.19. The number of rotatable bonds is 11. The first-order chi connectivity index (χ1) is 15.8. The second-order valence-corrected chi connectivity index (χ2v) is 14.5. The van der Waals surface area contributed by atoms with E-state index in [0.29, 0.717) is 10.1 Å². The summed E-state index contributed by atoms with van der Waals surface area (Å²) in [6, 6.07) is 10.5. The summed E-state index contributed by atoms with van der Waals surface area (Å²) >= 11 is 2.28. The molecule has 0 bridgehead atoms. The minimum absolute atomic E-state index is 0.0122. The molecule has 4 atom stereocenters. The van der Waals surface area contributed by atoms with E-state index < -0.39 is 14.3 Å². The van der Waals surface area contributed by atoms with Crippen LogP contribution < -0.4 is 4.74 Å². The molecular formula is C25H36INO5Si. The van der Waals surface area contributed by atoms with Gasteiger partial charge in [-0.2, -0.15) is 0 Å². The van der Waals surface area contributed by atoms with Crippen molar-refractivity contribution in [2.24, 2.45) is 11.8 Å². The van der Waals surface area contributed by atoms with Crippen molar-refractivity contribution in [3.63, 3.8) is 0 Å². The summed E-state index contributed by atoms with van der Waals surface area (Å²) in [5.41, 5.74) is 2.31. The number of benzene rings is 1. The lowest BCUT2D eigenvalue weighted by Crippen LogP contribution is -2.65. The summed E-state index contributed by atoms with van der Waals surface area (Å²) in [6.45, 7) is 10.9. The molecule has 0 unspecified atom stereocenters. The Kier molecular flexibility index (Phi) is 8.66. The number of nitrogens with zero attached hydrogens (tertiary/aromatic N) is 1. The van der Waals surface area contributed by atoms with Crippen LogP contribution in [0, 0.1) is 11.8 Å². The fraction of sp³-hybridized carbons (Fsp3) is 0.600. The highest BCUT2D eigenvalue weighted by Crippen LogP contribution is 2.49. The third-order valence-corrected chi connectivity index (χ3v) is 13.1. The number of hydrogen-bond donors (Lipinski definition) is 0. The van der Waals surface area contributed by atoms with Crippen LogP contribution in [0.25, 0.3) is 0 Å². The zero-order valence-electron chi connectivity index (χ0n) is 20.5. The molecule has 2 heterocycles. The van der Waals surface area contributed by atoms with E-state index in [1.807, 2.05) is 31.2 Å². The lowest BCUT2D eigenvalue weighted by molar-refractivity contribution is -0.163. The smallest absolute Gasteiger partial charge is 0.355 e. The third kappa shape index (κ3) is 4.88. The van der Waals surface area contributed by atoms with Crippen LogP contribution in [0.5, 0.6) is 5.75 Å². The molecular weight excluding hydrogens is 549 g/mol. The van der Waals surface area contributed by atoms with Crippen LogP contribution >= 0.6 is 22.6 Å². The molecule has 1 saturated heterocycles. The van der Waals surface area contributed by atoms with Crippen LogP contribution in [0.1, 0.15) is 40.2 Å².